The highest BCUT2D eigenvalue weighted by Crippen LogP contribution is 2.39. The van der Waals surface area contributed by atoms with Gasteiger partial charge >= 0.3 is 0 Å². The van der Waals surface area contributed by atoms with Crippen LogP contribution in [0.4, 0.5) is 0 Å². The molecule has 2 fully saturated rings. The summed E-state index contributed by atoms with van der Waals surface area (Å²) in [4.78, 5) is 16.1. The maximum absolute atomic E-state index is 5.62. The first kappa shape index (κ1) is 20.7. The van der Waals surface area contributed by atoms with Gasteiger partial charge in [0.1, 0.15) is 5.82 Å². The lowest BCUT2D eigenvalue weighted by atomic mass is 9.88. The summed E-state index contributed by atoms with van der Waals surface area (Å²) in [6.45, 7) is 3.89. The van der Waals surface area contributed by atoms with Gasteiger partial charge in [-0.1, -0.05) is 25.3 Å². The number of piperidine rings is 1. The van der Waals surface area contributed by atoms with Crippen LogP contribution in [0.2, 0.25) is 0 Å². The molecule has 172 valence electrons. The molecular weight excluding hydrogens is 412 g/mol. The van der Waals surface area contributed by atoms with Crippen LogP contribution in [0.15, 0.2) is 42.6 Å². The number of ether oxygens (including phenoxy) is 2. The molecule has 4 heterocycles. The van der Waals surface area contributed by atoms with Gasteiger partial charge in [0.2, 0.25) is 6.79 Å². The van der Waals surface area contributed by atoms with Crippen molar-refractivity contribution in [1.82, 2.24) is 19.9 Å². The normalized spacial score (nSPS) is 19.8. The monoisotopic (exact) mass is 444 g/mol. The fourth-order valence-electron chi connectivity index (χ4n) is 5.66. The van der Waals surface area contributed by atoms with Crippen molar-refractivity contribution in [3.63, 3.8) is 0 Å². The van der Waals surface area contributed by atoms with Crippen LogP contribution in [0.25, 0.3) is 22.6 Å². The van der Waals surface area contributed by atoms with Crippen LogP contribution < -0.4 is 9.47 Å². The van der Waals surface area contributed by atoms with E-state index in [4.69, 9.17) is 14.5 Å². The number of nitrogens with one attached hydrogen (secondary N) is 1. The number of aromatic amines is 1. The number of pyridine rings is 1. The van der Waals surface area contributed by atoms with Gasteiger partial charge in [-0.15, -0.1) is 0 Å². The van der Waals surface area contributed by atoms with Crippen molar-refractivity contribution in [1.29, 1.82) is 0 Å². The smallest absolute Gasteiger partial charge is 0.231 e. The van der Waals surface area contributed by atoms with Crippen molar-refractivity contribution in [2.75, 3.05) is 26.4 Å². The largest absolute Gasteiger partial charge is 0.454 e. The number of nitrogens with zero attached hydrogens (tertiary/aromatic N) is 3. The Morgan fingerprint density at radius 2 is 1.79 bits per heavy atom. The summed E-state index contributed by atoms with van der Waals surface area (Å²) in [5.41, 5.74) is 3.86. The van der Waals surface area contributed by atoms with Crippen molar-refractivity contribution < 1.29 is 9.47 Å². The van der Waals surface area contributed by atoms with Gasteiger partial charge in [0.05, 0.1) is 17.1 Å². The third kappa shape index (κ3) is 4.36. The van der Waals surface area contributed by atoms with Gasteiger partial charge in [0.25, 0.3) is 0 Å². The Labute approximate surface area is 195 Å². The first-order chi connectivity index (χ1) is 16.3. The number of imidazole rings is 1. The number of fused-ring (bicyclic) bond motifs is 1. The third-order valence-corrected chi connectivity index (χ3v) is 7.50. The number of benzene rings is 1. The summed E-state index contributed by atoms with van der Waals surface area (Å²) in [5, 5.41) is 0. The second-order valence-electron chi connectivity index (χ2n) is 9.71. The zero-order chi connectivity index (χ0) is 22.0. The zero-order valence-electron chi connectivity index (χ0n) is 19.1. The Morgan fingerprint density at radius 3 is 2.61 bits per heavy atom. The molecule has 33 heavy (non-hydrogen) atoms. The van der Waals surface area contributed by atoms with Gasteiger partial charge in [0, 0.05) is 24.2 Å². The zero-order valence-corrected chi connectivity index (χ0v) is 19.1. The maximum Gasteiger partial charge on any atom is 0.231 e. The Bertz CT molecular complexity index is 1080. The molecule has 2 aromatic heterocycles. The van der Waals surface area contributed by atoms with Crippen molar-refractivity contribution in [2.24, 2.45) is 5.92 Å². The van der Waals surface area contributed by atoms with E-state index in [0.29, 0.717) is 5.92 Å². The van der Waals surface area contributed by atoms with E-state index in [1.807, 2.05) is 36.5 Å². The molecule has 3 aromatic rings. The summed E-state index contributed by atoms with van der Waals surface area (Å²) in [6.07, 6.45) is 11.3. The average molecular weight is 445 g/mol. The second kappa shape index (κ2) is 9.18. The predicted octanol–water partition coefficient (Wildman–Crippen LogP) is 5.63. The van der Waals surface area contributed by atoms with E-state index in [0.717, 1.165) is 58.7 Å². The Hall–Kier alpha value is -2.86. The molecule has 1 aromatic carbocycles. The van der Waals surface area contributed by atoms with Gasteiger partial charge in [0.15, 0.2) is 11.5 Å². The quantitative estimate of drug-likeness (QED) is 0.553. The van der Waals surface area contributed by atoms with E-state index in [1.54, 1.807) is 0 Å². The Balaban J connectivity index is 1.24. The van der Waals surface area contributed by atoms with Crippen molar-refractivity contribution in [3.05, 3.63) is 48.4 Å². The highest BCUT2D eigenvalue weighted by Gasteiger charge is 2.27. The van der Waals surface area contributed by atoms with Crippen LogP contribution in [0, 0.1) is 5.92 Å². The molecule has 0 atom stereocenters. The molecule has 0 spiro atoms. The first-order valence-corrected chi connectivity index (χ1v) is 12.5. The molecule has 2 aliphatic heterocycles. The molecule has 0 unspecified atom stereocenters. The van der Waals surface area contributed by atoms with Crippen LogP contribution in [-0.2, 0) is 0 Å². The van der Waals surface area contributed by atoms with E-state index >= 15 is 0 Å². The lowest BCUT2D eigenvalue weighted by molar-refractivity contribution is 0.162. The summed E-state index contributed by atoms with van der Waals surface area (Å²) in [6, 6.07) is 12.1. The van der Waals surface area contributed by atoms with Crippen LogP contribution in [0.3, 0.4) is 0 Å². The van der Waals surface area contributed by atoms with E-state index in [2.05, 4.69) is 20.9 Å². The molecule has 6 rings (SSSR count). The fourth-order valence-corrected chi connectivity index (χ4v) is 5.66. The minimum atomic E-state index is 0.275. The van der Waals surface area contributed by atoms with Crippen LogP contribution >= 0.6 is 0 Å². The number of hydrogen-bond acceptors (Lipinski definition) is 5. The van der Waals surface area contributed by atoms with Crippen molar-refractivity contribution in [3.8, 4) is 34.1 Å². The number of aromatic nitrogens is 3. The predicted molar refractivity (Wildman–Crippen MR) is 128 cm³/mol. The van der Waals surface area contributed by atoms with Gasteiger partial charge in [-0.25, -0.2) is 4.98 Å². The summed E-state index contributed by atoms with van der Waals surface area (Å²) >= 11 is 0. The SMILES string of the molecule is c1ccc(-c2[nH]c(C3CCN(CC4CCCCC4)CC3)nc2-c2ccc3c(c2)OCO3)nc1. The minimum Gasteiger partial charge on any atom is -0.454 e. The van der Waals surface area contributed by atoms with Crippen molar-refractivity contribution in [2.45, 2.75) is 50.9 Å². The summed E-state index contributed by atoms with van der Waals surface area (Å²) in [5.74, 6) is 4.02. The Morgan fingerprint density at radius 1 is 0.939 bits per heavy atom. The topological polar surface area (TPSA) is 63.3 Å². The van der Waals surface area contributed by atoms with Gasteiger partial charge < -0.3 is 19.4 Å². The van der Waals surface area contributed by atoms with Gasteiger partial charge in [-0.3, -0.25) is 4.98 Å². The molecule has 6 heteroatoms. The van der Waals surface area contributed by atoms with E-state index in [-0.39, 0.29) is 6.79 Å². The van der Waals surface area contributed by atoms with Crippen LogP contribution in [-0.4, -0.2) is 46.3 Å². The number of likely N-dealkylation sites (tertiary alicyclic amines) is 1. The fraction of sp³-hybridized carbons (Fsp3) is 0.481. The first-order valence-electron chi connectivity index (χ1n) is 12.5. The van der Waals surface area contributed by atoms with Gasteiger partial charge in [-0.2, -0.15) is 0 Å². The third-order valence-electron chi connectivity index (χ3n) is 7.50. The van der Waals surface area contributed by atoms with Gasteiger partial charge in [-0.05, 0) is 75.0 Å². The Kier molecular flexibility index (Phi) is 5.76. The molecular formula is C27H32N4O2. The molecule has 3 aliphatic rings. The highest BCUT2D eigenvalue weighted by atomic mass is 16.7. The highest BCUT2D eigenvalue weighted by molar-refractivity contribution is 5.78. The number of H-pyrrole nitrogens is 1. The molecule has 0 amide bonds. The average Bonchev–Trinajstić information content (AvgIpc) is 3.53. The molecule has 6 nitrogen and oxygen atoms in total. The maximum atomic E-state index is 5.62. The number of hydrogen-bond donors (Lipinski definition) is 1. The standard InChI is InChI=1S/C27H32N4O2/c1-2-6-19(7-3-1)17-31-14-11-20(12-15-31)27-29-25(26(30-27)22-8-4-5-13-28-22)21-9-10-23-24(16-21)33-18-32-23/h4-5,8-10,13,16,19-20H,1-3,6-7,11-12,14-15,17-18H2,(H,29,30). The van der Waals surface area contributed by atoms with Crippen LogP contribution in [0.5, 0.6) is 11.5 Å². The molecule has 1 aliphatic carbocycles. The minimum absolute atomic E-state index is 0.275. The molecule has 1 saturated carbocycles. The van der Waals surface area contributed by atoms with E-state index in [9.17, 15) is 0 Å². The molecule has 1 saturated heterocycles. The van der Waals surface area contributed by atoms with E-state index < -0.39 is 0 Å². The molecule has 0 radical (unpaired) electrons. The second-order valence-corrected chi connectivity index (χ2v) is 9.71. The lowest BCUT2D eigenvalue weighted by Gasteiger charge is -2.34. The lowest BCUT2D eigenvalue weighted by Crippen LogP contribution is -2.37. The molecule has 1 N–H and O–H groups in total. The summed E-state index contributed by atoms with van der Waals surface area (Å²) < 4.78 is 11.1. The van der Waals surface area contributed by atoms with Crippen LogP contribution in [0.1, 0.15) is 56.7 Å². The van der Waals surface area contributed by atoms with E-state index in [1.165, 1.54) is 51.7 Å². The van der Waals surface area contributed by atoms with Crippen molar-refractivity contribution >= 4 is 0 Å². The summed E-state index contributed by atoms with van der Waals surface area (Å²) in [7, 11) is 0. The number of rotatable bonds is 5. The molecule has 0 bridgehead atoms.